The number of carbonyl (C=O) groups excluding carboxylic acids is 1. The Morgan fingerprint density at radius 3 is 2.85 bits per heavy atom. The number of aromatic nitrogens is 2. The largest absolute Gasteiger partial charge is 0.300 e. The van der Waals surface area contributed by atoms with E-state index in [0.29, 0.717) is 5.84 Å². The number of amidine groups is 1. The SMILES string of the molecule is Cn1cc(/C=C2/SC(=O)NC2=Nc2ccccc2)cn1. The van der Waals surface area contributed by atoms with Gasteiger partial charge in [0.25, 0.3) is 5.24 Å². The summed E-state index contributed by atoms with van der Waals surface area (Å²) >= 11 is 1.14. The van der Waals surface area contributed by atoms with Gasteiger partial charge in [-0.05, 0) is 30.0 Å². The van der Waals surface area contributed by atoms with E-state index in [-0.39, 0.29) is 5.24 Å². The number of nitrogens with one attached hydrogen (secondary N) is 1. The van der Waals surface area contributed by atoms with Crippen molar-refractivity contribution in [2.45, 2.75) is 0 Å². The number of aliphatic imine (C=N–C) groups is 1. The first kappa shape index (κ1) is 12.7. The molecule has 6 heteroatoms. The van der Waals surface area contributed by atoms with Gasteiger partial charge in [0.05, 0.1) is 16.8 Å². The Kier molecular flexibility index (Phi) is 3.39. The minimum Gasteiger partial charge on any atom is -0.300 e. The summed E-state index contributed by atoms with van der Waals surface area (Å²) in [4.78, 5) is 16.8. The van der Waals surface area contributed by atoms with Crippen LogP contribution in [0.1, 0.15) is 5.56 Å². The molecule has 100 valence electrons. The summed E-state index contributed by atoms with van der Waals surface area (Å²) in [7, 11) is 1.85. The molecule has 0 unspecified atom stereocenters. The summed E-state index contributed by atoms with van der Waals surface area (Å²) in [5.41, 5.74) is 1.75. The van der Waals surface area contributed by atoms with Gasteiger partial charge in [-0.2, -0.15) is 5.10 Å². The molecule has 0 aliphatic carbocycles. The molecule has 1 aliphatic rings. The van der Waals surface area contributed by atoms with Crippen LogP contribution in [0.4, 0.5) is 10.5 Å². The Hall–Kier alpha value is -2.34. The molecule has 2 heterocycles. The minimum atomic E-state index is -0.116. The molecule has 0 saturated carbocycles. The fourth-order valence-corrected chi connectivity index (χ4v) is 2.55. The summed E-state index contributed by atoms with van der Waals surface area (Å²) in [6.07, 6.45) is 5.53. The Morgan fingerprint density at radius 1 is 1.35 bits per heavy atom. The van der Waals surface area contributed by atoms with E-state index >= 15 is 0 Å². The van der Waals surface area contributed by atoms with Crippen LogP contribution >= 0.6 is 11.8 Å². The van der Waals surface area contributed by atoms with Gasteiger partial charge in [0, 0.05) is 18.8 Å². The molecule has 1 fully saturated rings. The van der Waals surface area contributed by atoms with Gasteiger partial charge in [-0.3, -0.25) is 9.48 Å². The van der Waals surface area contributed by atoms with Crippen molar-refractivity contribution < 1.29 is 4.79 Å². The van der Waals surface area contributed by atoms with Crippen LogP contribution in [0.2, 0.25) is 0 Å². The lowest BCUT2D eigenvalue weighted by Crippen LogP contribution is -2.18. The summed E-state index contributed by atoms with van der Waals surface area (Å²) in [6.45, 7) is 0. The predicted molar refractivity (Wildman–Crippen MR) is 80.8 cm³/mol. The predicted octanol–water partition coefficient (Wildman–Crippen LogP) is 2.95. The van der Waals surface area contributed by atoms with Gasteiger partial charge >= 0.3 is 0 Å². The number of hydrogen-bond donors (Lipinski definition) is 1. The van der Waals surface area contributed by atoms with E-state index in [2.05, 4.69) is 15.4 Å². The fourth-order valence-electron chi connectivity index (χ4n) is 1.81. The molecular weight excluding hydrogens is 272 g/mol. The highest BCUT2D eigenvalue weighted by atomic mass is 32.2. The average molecular weight is 284 g/mol. The van der Waals surface area contributed by atoms with E-state index in [0.717, 1.165) is 27.9 Å². The molecule has 2 aromatic rings. The quantitative estimate of drug-likeness (QED) is 0.922. The summed E-state index contributed by atoms with van der Waals surface area (Å²) < 4.78 is 1.72. The number of para-hydroxylation sites is 1. The lowest BCUT2D eigenvalue weighted by molar-refractivity contribution is 0.265. The molecule has 3 rings (SSSR count). The summed E-state index contributed by atoms with van der Waals surface area (Å²) in [5, 5.41) is 6.75. The van der Waals surface area contributed by atoms with Gasteiger partial charge in [0.1, 0.15) is 5.84 Å². The smallest absolute Gasteiger partial charge is 0.289 e. The van der Waals surface area contributed by atoms with Crippen molar-refractivity contribution in [1.82, 2.24) is 15.1 Å². The normalized spacial score (nSPS) is 18.8. The number of carbonyl (C=O) groups is 1. The Balaban J connectivity index is 1.95. The maximum atomic E-state index is 11.6. The van der Waals surface area contributed by atoms with Crippen LogP contribution < -0.4 is 5.32 Å². The summed E-state index contributed by atoms with van der Waals surface area (Å²) in [6, 6.07) is 9.54. The monoisotopic (exact) mass is 284 g/mol. The van der Waals surface area contributed by atoms with Gasteiger partial charge in [0.2, 0.25) is 0 Å². The molecule has 0 atom stereocenters. The number of amides is 1. The lowest BCUT2D eigenvalue weighted by atomic mass is 10.3. The maximum Gasteiger partial charge on any atom is 0.289 e. The van der Waals surface area contributed by atoms with Gasteiger partial charge < -0.3 is 5.32 Å². The van der Waals surface area contributed by atoms with Gasteiger partial charge in [-0.1, -0.05) is 18.2 Å². The topological polar surface area (TPSA) is 59.3 Å². The molecule has 1 amide bonds. The molecule has 0 spiro atoms. The highest BCUT2D eigenvalue weighted by Crippen LogP contribution is 2.28. The number of nitrogens with zero attached hydrogens (tertiary/aromatic N) is 3. The standard InChI is InChI=1S/C14H12N4OS/c1-18-9-10(8-15-18)7-12-13(17-14(19)20-12)16-11-5-3-2-4-6-11/h2-9H,1H3,(H,16,17,19)/b12-7+. The zero-order valence-corrected chi connectivity index (χ0v) is 11.6. The van der Waals surface area contributed by atoms with Crippen LogP contribution in [0, 0.1) is 0 Å². The number of thioether (sulfide) groups is 1. The highest BCUT2D eigenvalue weighted by Gasteiger charge is 2.23. The fraction of sp³-hybridized carbons (Fsp3) is 0.0714. The third kappa shape index (κ3) is 2.80. The second kappa shape index (κ2) is 5.34. The van der Waals surface area contributed by atoms with Gasteiger partial charge in [-0.25, -0.2) is 4.99 Å². The van der Waals surface area contributed by atoms with Crippen molar-refractivity contribution in [3.8, 4) is 0 Å². The molecule has 0 radical (unpaired) electrons. The molecule has 1 aliphatic heterocycles. The third-order valence-corrected chi connectivity index (χ3v) is 3.49. The second-order valence-electron chi connectivity index (χ2n) is 4.27. The van der Waals surface area contributed by atoms with Crippen molar-refractivity contribution >= 4 is 34.6 Å². The summed E-state index contributed by atoms with van der Waals surface area (Å²) in [5.74, 6) is 0.579. The Bertz CT molecular complexity index is 703. The molecular formula is C14H12N4OS. The first-order valence-corrected chi connectivity index (χ1v) is 6.86. The number of benzene rings is 1. The number of aryl methyl sites for hydroxylation is 1. The molecule has 1 aromatic heterocycles. The van der Waals surface area contributed by atoms with Crippen molar-refractivity contribution in [1.29, 1.82) is 0 Å². The van der Waals surface area contributed by atoms with E-state index < -0.39 is 0 Å². The molecule has 1 saturated heterocycles. The van der Waals surface area contributed by atoms with Crippen LogP contribution in [-0.4, -0.2) is 20.9 Å². The van der Waals surface area contributed by atoms with E-state index in [1.807, 2.05) is 49.7 Å². The van der Waals surface area contributed by atoms with E-state index in [9.17, 15) is 4.79 Å². The molecule has 20 heavy (non-hydrogen) atoms. The first-order valence-electron chi connectivity index (χ1n) is 6.04. The molecule has 1 aromatic carbocycles. The highest BCUT2D eigenvalue weighted by molar-refractivity contribution is 8.18. The maximum absolute atomic E-state index is 11.6. The Labute approximate surface area is 120 Å². The second-order valence-corrected chi connectivity index (χ2v) is 5.28. The van der Waals surface area contributed by atoms with E-state index in [1.165, 1.54) is 0 Å². The average Bonchev–Trinajstić information content (AvgIpc) is 2.98. The third-order valence-electron chi connectivity index (χ3n) is 2.68. The molecule has 5 nitrogen and oxygen atoms in total. The van der Waals surface area contributed by atoms with Crippen molar-refractivity contribution in [3.63, 3.8) is 0 Å². The minimum absolute atomic E-state index is 0.116. The van der Waals surface area contributed by atoms with Crippen LogP contribution in [0.15, 0.2) is 52.6 Å². The van der Waals surface area contributed by atoms with Crippen LogP contribution in [0.5, 0.6) is 0 Å². The van der Waals surface area contributed by atoms with Crippen LogP contribution in [0.25, 0.3) is 6.08 Å². The lowest BCUT2D eigenvalue weighted by Gasteiger charge is -1.98. The zero-order chi connectivity index (χ0) is 13.9. The molecule has 1 N–H and O–H groups in total. The van der Waals surface area contributed by atoms with Crippen molar-refractivity contribution in [2.24, 2.45) is 12.0 Å². The number of rotatable bonds is 2. The zero-order valence-electron chi connectivity index (χ0n) is 10.8. The van der Waals surface area contributed by atoms with Crippen LogP contribution in [0.3, 0.4) is 0 Å². The van der Waals surface area contributed by atoms with E-state index in [4.69, 9.17) is 0 Å². The first-order chi connectivity index (χ1) is 9.70. The van der Waals surface area contributed by atoms with Gasteiger partial charge in [-0.15, -0.1) is 0 Å². The van der Waals surface area contributed by atoms with E-state index in [1.54, 1.807) is 10.9 Å². The van der Waals surface area contributed by atoms with Gasteiger partial charge in [0.15, 0.2) is 0 Å². The molecule has 0 bridgehead atoms. The van der Waals surface area contributed by atoms with Crippen LogP contribution in [-0.2, 0) is 7.05 Å². The number of hydrogen-bond acceptors (Lipinski definition) is 4. The Morgan fingerprint density at radius 2 is 2.15 bits per heavy atom. The van der Waals surface area contributed by atoms with Crippen molar-refractivity contribution in [3.05, 3.63) is 53.2 Å². The van der Waals surface area contributed by atoms with Crippen molar-refractivity contribution in [2.75, 3.05) is 0 Å².